The Bertz CT molecular complexity index is 979. The van der Waals surface area contributed by atoms with Gasteiger partial charge < -0.3 is 0 Å². The highest BCUT2D eigenvalue weighted by Gasteiger charge is 2.12. The maximum absolute atomic E-state index is 13.1. The predicted molar refractivity (Wildman–Crippen MR) is 98.5 cm³/mol. The maximum atomic E-state index is 13.1. The molecule has 120 valence electrons. The van der Waals surface area contributed by atoms with Crippen LogP contribution in [0.4, 0.5) is 0 Å². The molecule has 0 saturated carbocycles. The summed E-state index contributed by atoms with van der Waals surface area (Å²) >= 11 is 0. The summed E-state index contributed by atoms with van der Waals surface area (Å²) in [6.07, 6.45) is 5.26. The van der Waals surface area contributed by atoms with Crippen molar-refractivity contribution < 1.29 is 0 Å². The van der Waals surface area contributed by atoms with Crippen LogP contribution in [-0.2, 0) is 0 Å². The van der Waals surface area contributed by atoms with Crippen molar-refractivity contribution in [2.24, 2.45) is 0 Å². The fourth-order valence-electron chi connectivity index (χ4n) is 2.74. The molecule has 0 saturated heterocycles. The second-order valence-electron chi connectivity index (χ2n) is 5.58. The van der Waals surface area contributed by atoms with Gasteiger partial charge in [0.1, 0.15) is 0 Å². The summed E-state index contributed by atoms with van der Waals surface area (Å²) in [5.41, 5.74) is 3.57. The molecular formula is C21H15N3O. The number of hydrogen-bond donors (Lipinski definition) is 0. The molecule has 0 bridgehead atoms. The van der Waals surface area contributed by atoms with Gasteiger partial charge in [-0.15, -0.1) is 0 Å². The number of pyridine rings is 3. The van der Waals surface area contributed by atoms with E-state index in [1.54, 1.807) is 17.0 Å². The minimum absolute atomic E-state index is 0.107. The third-order valence-electron chi connectivity index (χ3n) is 3.95. The standard InChI is InChI=1S/C21H15N3O/c25-21-18(20-11-5-7-13-23-20)14-16(19-10-4-6-12-22-19)15-24(21)17-8-2-1-3-9-17/h1-15H. The van der Waals surface area contributed by atoms with E-state index in [-0.39, 0.29) is 5.56 Å². The van der Waals surface area contributed by atoms with Gasteiger partial charge in [-0.3, -0.25) is 19.3 Å². The molecule has 25 heavy (non-hydrogen) atoms. The molecule has 0 unspecified atom stereocenters. The Hall–Kier alpha value is -3.53. The maximum Gasteiger partial charge on any atom is 0.264 e. The van der Waals surface area contributed by atoms with Gasteiger partial charge in [0, 0.05) is 29.8 Å². The van der Waals surface area contributed by atoms with Crippen LogP contribution in [0.2, 0.25) is 0 Å². The number of hydrogen-bond acceptors (Lipinski definition) is 3. The number of benzene rings is 1. The molecule has 1 aromatic carbocycles. The molecule has 0 atom stereocenters. The highest BCUT2D eigenvalue weighted by molar-refractivity contribution is 5.68. The van der Waals surface area contributed by atoms with Crippen LogP contribution >= 0.6 is 0 Å². The monoisotopic (exact) mass is 325 g/mol. The van der Waals surface area contributed by atoms with E-state index in [0.717, 1.165) is 16.9 Å². The summed E-state index contributed by atoms with van der Waals surface area (Å²) in [6.45, 7) is 0. The quantitative estimate of drug-likeness (QED) is 0.573. The predicted octanol–water partition coefficient (Wildman–Crippen LogP) is 3.96. The van der Waals surface area contributed by atoms with E-state index in [0.29, 0.717) is 11.3 Å². The van der Waals surface area contributed by atoms with Crippen LogP contribution in [0.15, 0.2) is 96.2 Å². The van der Waals surface area contributed by atoms with Gasteiger partial charge in [-0.1, -0.05) is 30.3 Å². The summed E-state index contributed by atoms with van der Waals surface area (Å²) in [6, 6.07) is 22.7. The average Bonchev–Trinajstić information content (AvgIpc) is 2.70. The topological polar surface area (TPSA) is 47.8 Å². The Labute approximate surface area is 145 Å². The van der Waals surface area contributed by atoms with Crippen molar-refractivity contribution in [3.05, 3.63) is 102 Å². The first-order valence-corrected chi connectivity index (χ1v) is 7.98. The number of nitrogens with zero attached hydrogens (tertiary/aromatic N) is 3. The molecule has 4 aromatic rings. The zero-order valence-corrected chi connectivity index (χ0v) is 13.4. The van der Waals surface area contributed by atoms with E-state index in [9.17, 15) is 4.79 Å². The summed E-state index contributed by atoms with van der Waals surface area (Å²) in [4.78, 5) is 21.8. The van der Waals surface area contributed by atoms with Gasteiger partial charge in [0.2, 0.25) is 0 Å². The second-order valence-corrected chi connectivity index (χ2v) is 5.58. The third-order valence-corrected chi connectivity index (χ3v) is 3.95. The van der Waals surface area contributed by atoms with E-state index in [1.807, 2.05) is 79.0 Å². The van der Waals surface area contributed by atoms with Crippen molar-refractivity contribution in [3.8, 4) is 28.2 Å². The number of aromatic nitrogens is 3. The SMILES string of the molecule is O=c1c(-c2ccccn2)cc(-c2ccccn2)cn1-c1ccccc1. The zero-order valence-electron chi connectivity index (χ0n) is 13.4. The molecule has 0 fully saturated rings. The molecule has 0 aliphatic carbocycles. The van der Waals surface area contributed by atoms with Crippen LogP contribution in [0, 0.1) is 0 Å². The number of para-hydroxylation sites is 1. The second kappa shape index (κ2) is 6.53. The van der Waals surface area contributed by atoms with Crippen LogP contribution in [-0.4, -0.2) is 14.5 Å². The molecule has 0 radical (unpaired) electrons. The first-order chi connectivity index (χ1) is 12.3. The van der Waals surface area contributed by atoms with Crippen molar-refractivity contribution >= 4 is 0 Å². The lowest BCUT2D eigenvalue weighted by Crippen LogP contribution is -2.20. The summed E-state index contributed by atoms with van der Waals surface area (Å²) in [5.74, 6) is 0. The lowest BCUT2D eigenvalue weighted by Gasteiger charge is -2.11. The van der Waals surface area contributed by atoms with E-state index >= 15 is 0 Å². The van der Waals surface area contributed by atoms with Crippen LogP contribution in [0.25, 0.3) is 28.2 Å². The summed E-state index contributed by atoms with van der Waals surface area (Å²) < 4.78 is 1.65. The first kappa shape index (κ1) is 15.0. The lowest BCUT2D eigenvalue weighted by atomic mass is 10.1. The molecule has 4 rings (SSSR count). The van der Waals surface area contributed by atoms with E-state index in [1.165, 1.54) is 0 Å². The van der Waals surface area contributed by atoms with Crippen LogP contribution in [0.3, 0.4) is 0 Å². The molecule has 4 heteroatoms. The molecule has 4 nitrogen and oxygen atoms in total. The fraction of sp³-hybridized carbons (Fsp3) is 0. The molecular weight excluding hydrogens is 310 g/mol. The molecule has 0 spiro atoms. The first-order valence-electron chi connectivity index (χ1n) is 7.98. The van der Waals surface area contributed by atoms with E-state index in [2.05, 4.69) is 9.97 Å². The van der Waals surface area contributed by atoms with E-state index in [4.69, 9.17) is 0 Å². The third kappa shape index (κ3) is 2.97. The minimum Gasteiger partial charge on any atom is -0.283 e. The van der Waals surface area contributed by atoms with Gasteiger partial charge in [-0.25, -0.2) is 0 Å². The van der Waals surface area contributed by atoms with Crippen LogP contribution < -0.4 is 5.56 Å². The van der Waals surface area contributed by atoms with Gasteiger partial charge >= 0.3 is 0 Å². The molecule has 0 aliphatic heterocycles. The van der Waals surface area contributed by atoms with Crippen molar-refractivity contribution in [3.63, 3.8) is 0 Å². The Morgan fingerprint density at radius 3 is 2.00 bits per heavy atom. The lowest BCUT2D eigenvalue weighted by molar-refractivity contribution is 0.990. The molecule has 3 heterocycles. The summed E-state index contributed by atoms with van der Waals surface area (Å²) in [5, 5.41) is 0. The largest absolute Gasteiger partial charge is 0.283 e. The fourth-order valence-corrected chi connectivity index (χ4v) is 2.74. The molecule has 0 N–H and O–H groups in total. The normalized spacial score (nSPS) is 10.6. The Morgan fingerprint density at radius 2 is 1.36 bits per heavy atom. The molecule has 0 amide bonds. The van der Waals surface area contributed by atoms with Crippen molar-refractivity contribution in [2.45, 2.75) is 0 Å². The van der Waals surface area contributed by atoms with Crippen LogP contribution in [0.1, 0.15) is 0 Å². The Kier molecular flexibility index (Phi) is 3.92. The van der Waals surface area contributed by atoms with Gasteiger partial charge in [0.05, 0.1) is 17.0 Å². The van der Waals surface area contributed by atoms with Crippen molar-refractivity contribution in [1.29, 1.82) is 0 Å². The van der Waals surface area contributed by atoms with Crippen molar-refractivity contribution in [1.82, 2.24) is 14.5 Å². The smallest absolute Gasteiger partial charge is 0.264 e. The highest BCUT2D eigenvalue weighted by atomic mass is 16.1. The zero-order chi connectivity index (χ0) is 17.1. The molecule has 3 aromatic heterocycles. The van der Waals surface area contributed by atoms with Gasteiger partial charge in [0.25, 0.3) is 5.56 Å². The Balaban J connectivity index is 2.00. The van der Waals surface area contributed by atoms with Gasteiger partial charge in [-0.05, 0) is 42.5 Å². The van der Waals surface area contributed by atoms with E-state index < -0.39 is 0 Å². The molecule has 0 aliphatic rings. The van der Waals surface area contributed by atoms with Gasteiger partial charge in [0.15, 0.2) is 0 Å². The summed E-state index contributed by atoms with van der Waals surface area (Å²) in [7, 11) is 0. The number of rotatable bonds is 3. The Morgan fingerprint density at radius 1 is 0.720 bits per heavy atom. The average molecular weight is 325 g/mol. The van der Waals surface area contributed by atoms with Gasteiger partial charge in [-0.2, -0.15) is 0 Å². The minimum atomic E-state index is -0.107. The highest BCUT2D eigenvalue weighted by Crippen LogP contribution is 2.22. The van der Waals surface area contributed by atoms with Crippen LogP contribution in [0.5, 0.6) is 0 Å². The van der Waals surface area contributed by atoms with Crippen molar-refractivity contribution in [2.75, 3.05) is 0 Å².